The molecular formula is C17H16FN5O. The Kier molecular flexibility index (Phi) is 3.60. The van der Waals surface area contributed by atoms with Crippen LogP contribution in [-0.4, -0.2) is 31.8 Å². The summed E-state index contributed by atoms with van der Waals surface area (Å²) in [6.45, 7) is 0.692. The smallest absolute Gasteiger partial charge is 0.243 e. The van der Waals surface area contributed by atoms with Crippen molar-refractivity contribution in [1.29, 1.82) is 0 Å². The molecule has 0 bridgehead atoms. The molecular weight excluding hydrogens is 309 g/mol. The summed E-state index contributed by atoms with van der Waals surface area (Å²) in [5, 5.41) is 7.10. The first-order valence-corrected chi connectivity index (χ1v) is 7.84. The molecule has 4 rings (SSSR count). The molecule has 6 nitrogen and oxygen atoms in total. The number of aromatic nitrogens is 4. The van der Waals surface area contributed by atoms with Gasteiger partial charge in [-0.2, -0.15) is 5.10 Å². The van der Waals surface area contributed by atoms with Gasteiger partial charge >= 0.3 is 0 Å². The zero-order valence-electron chi connectivity index (χ0n) is 12.9. The maximum atomic E-state index is 13.9. The first kappa shape index (κ1) is 14.6. The second kappa shape index (κ2) is 5.92. The van der Waals surface area contributed by atoms with E-state index in [4.69, 9.17) is 0 Å². The number of hydrogen-bond acceptors (Lipinski definition) is 3. The molecule has 1 atom stereocenters. The van der Waals surface area contributed by atoms with Gasteiger partial charge in [0.1, 0.15) is 17.7 Å². The first-order chi connectivity index (χ1) is 11.7. The number of hydrogen-bond donors (Lipinski definition) is 1. The number of rotatable bonds is 3. The standard InChI is InChI=1S/C17H16FN5O/c18-12-4-5-14(23-9-2-7-21-23)13(11-12)16-19-8-10-22(16)15-3-1-6-20-17(15)24/h2,4-5,7-11,15H,1,3,6H2,(H,20,24)/t15-/m0/s1. The van der Waals surface area contributed by atoms with E-state index in [1.54, 1.807) is 41.6 Å². The summed E-state index contributed by atoms with van der Waals surface area (Å²) < 4.78 is 17.4. The van der Waals surface area contributed by atoms with E-state index in [0.29, 0.717) is 23.6 Å². The maximum Gasteiger partial charge on any atom is 0.243 e. The van der Waals surface area contributed by atoms with Gasteiger partial charge in [0, 0.05) is 36.9 Å². The van der Waals surface area contributed by atoms with Crippen molar-refractivity contribution in [3.05, 3.63) is 54.9 Å². The number of piperidine rings is 1. The Bertz CT molecular complexity index is 871. The van der Waals surface area contributed by atoms with E-state index in [1.807, 2.05) is 4.57 Å². The van der Waals surface area contributed by atoms with Gasteiger partial charge in [-0.25, -0.2) is 14.1 Å². The number of halogens is 1. The summed E-state index contributed by atoms with van der Waals surface area (Å²) in [5.41, 5.74) is 1.31. The number of imidazole rings is 1. The fourth-order valence-corrected chi connectivity index (χ4v) is 3.09. The van der Waals surface area contributed by atoms with Gasteiger partial charge in [0.15, 0.2) is 0 Å². The highest BCUT2D eigenvalue weighted by atomic mass is 19.1. The zero-order chi connectivity index (χ0) is 16.5. The van der Waals surface area contributed by atoms with Crippen LogP contribution in [0.5, 0.6) is 0 Å². The molecule has 7 heteroatoms. The molecule has 1 aliphatic rings. The van der Waals surface area contributed by atoms with Crippen LogP contribution in [0, 0.1) is 5.82 Å². The molecule has 122 valence electrons. The lowest BCUT2D eigenvalue weighted by atomic mass is 10.1. The molecule has 1 aliphatic heterocycles. The topological polar surface area (TPSA) is 64.7 Å². The molecule has 1 aromatic carbocycles. The largest absolute Gasteiger partial charge is 0.354 e. The monoisotopic (exact) mass is 325 g/mol. The molecule has 1 amide bonds. The minimum Gasteiger partial charge on any atom is -0.354 e. The van der Waals surface area contributed by atoms with Crippen LogP contribution in [0.2, 0.25) is 0 Å². The summed E-state index contributed by atoms with van der Waals surface area (Å²) in [7, 11) is 0. The van der Waals surface area contributed by atoms with Crippen LogP contribution in [0.25, 0.3) is 17.1 Å². The average molecular weight is 325 g/mol. The third-order valence-corrected chi connectivity index (χ3v) is 4.21. The van der Waals surface area contributed by atoms with Gasteiger partial charge in [0.05, 0.1) is 5.69 Å². The van der Waals surface area contributed by atoms with Crippen LogP contribution >= 0.6 is 0 Å². The summed E-state index contributed by atoms with van der Waals surface area (Å²) in [4.78, 5) is 16.6. The summed E-state index contributed by atoms with van der Waals surface area (Å²) in [5.74, 6) is 0.170. The van der Waals surface area contributed by atoms with E-state index in [1.165, 1.54) is 12.1 Å². The Morgan fingerprint density at radius 1 is 1.25 bits per heavy atom. The molecule has 1 N–H and O–H groups in total. The molecule has 24 heavy (non-hydrogen) atoms. The van der Waals surface area contributed by atoms with Crippen molar-refractivity contribution in [2.45, 2.75) is 18.9 Å². The van der Waals surface area contributed by atoms with Gasteiger partial charge in [-0.15, -0.1) is 0 Å². The lowest BCUT2D eigenvalue weighted by Gasteiger charge is -2.25. The Hall–Kier alpha value is -2.96. The van der Waals surface area contributed by atoms with Crippen molar-refractivity contribution < 1.29 is 9.18 Å². The fourth-order valence-electron chi connectivity index (χ4n) is 3.09. The number of benzene rings is 1. The number of carbonyl (C=O) groups is 1. The molecule has 0 radical (unpaired) electrons. The SMILES string of the molecule is O=C1NCCC[C@@H]1n1ccnc1-c1cc(F)ccc1-n1cccn1. The van der Waals surface area contributed by atoms with Gasteiger partial charge in [0.25, 0.3) is 0 Å². The first-order valence-electron chi connectivity index (χ1n) is 7.84. The minimum atomic E-state index is -0.358. The van der Waals surface area contributed by atoms with Crippen LogP contribution in [0.3, 0.4) is 0 Å². The van der Waals surface area contributed by atoms with Crippen LogP contribution in [0.15, 0.2) is 49.1 Å². The number of carbonyl (C=O) groups excluding carboxylic acids is 1. The Labute approximate surface area is 137 Å². The number of amides is 1. The fraction of sp³-hybridized carbons (Fsp3) is 0.235. The van der Waals surface area contributed by atoms with Crippen molar-refractivity contribution in [2.24, 2.45) is 0 Å². The van der Waals surface area contributed by atoms with Gasteiger partial charge in [-0.3, -0.25) is 4.79 Å². The van der Waals surface area contributed by atoms with E-state index in [2.05, 4.69) is 15.4 Å². The molecule has 1 saturated heterocycles. The molecule has 0 aliphatic carbocycles. The Balaban J connectivity index is 1.85. The molecule has 3 heterocycles. The summed E-state index contributed by atoms with van der Waals surface area (Å²) in [6.07, 6.45) is 8.49. The highest BCUT2D eigenvalue weighted by Crippen LogP contribution is 2.30. The molecule has 0 unspecified atom stereocenters. The predicted molar refractivity (Wildman–Crippen MR) is 86.0 cm³/mol. The van der Waals surface area contributed by atoms with Gasteiger partial charge in [-0.1, -0.05) is 0 Å². The number of nitrogens with zero attached hydrogens (tertiary/aromatic N) is 4. The van der Waals surface area contributed by atoms with Crippen molar-refractivity contribution in [2.75, 3.05) is 6.54 Å². The van der Waals surface area contributed by atoms with E-state index >= 15 is 0 Å². The van der Waals surface area contributed by atoms with Crippen molar-refractivity contribution in [1.82, 2.24) is 24.6 Å². The molecule has 3 aromatic rings. The molecule has 1 fully saturated rings. The Morgan fingerprint density at radius 3 is 2.96 bits per heavy atom. The third-order valence-electron chi connectivity index (χ3n) is 4.21. The van der Waals surface area contributed by atoms with Crippen molar-refractivity contribution >= 4 is 5.91 Å². The van der Waals surface area contributed by atoms with Gasteiger partial charge in [-0.05, 0) is 37.1 Å². The lowest BCUT2D eigenvalue weighted by Crippen LogP contribution is -2.37. The lowest BCUT2D eigenvalue weighted by molar-refractivity contribution is -0.125. The minimum absolute atomic E-state index is 0.0301. The average Bonchev–Trinajstić information content (AvgIpc) is 3.27. The highest BCUT2D eigenvalue weighted by Gasteiger charge is 2.26. The van der Waals surface area contributed by atoms with Gasteiger partial charge in [0.2, 0.25) is 5.91 Å². The maximum absolute atomic E-state index is 13.9. The predicted octanol–water partition coefficient (Wildman–Crippen LogP) is 2.33. The summed E-state index contributed by atoms with van der Waals surface area (Å²) in [6, 6.07) is 5.95. The normalized spacial score (nSPS) is 17.7. The molecule has 0 spiro atoms. The second-order valence-electron chi connectivity index (χ2n) is 5.72. The van der Waals surface area contributed by atoms with Crippen LogP contribution in [0.1, 0.15) is 18.9 Å². The van der Waals surface area contributed by atoms with Crippen LogP contribution in [-0.2, 0) is 4.79 Å². The molecule has 0 saturated carbocycles. The van der Waals surface area contributed by atoms with Crippen LogP contribution in [0.4, 0.5) is 4.39 Å². The van der Waals surface area contributed by atoms with E-state index in [9.17, 15) is 9.18 Å². The van der Waals surface area contributed by atoms with Crippen LogP contribution < -0.4 is 5.32 Å². The highest BCUT2D eigenvalue weighted by molar-refractivity contribution is 5.82. The van der Waals surface area contributed by atoms with Crippen molar-refractivity contribution in [3.63, 3.8) is 0 Å². The summed E-state index contributed by atoms with van der Waals surface area (Å²) >= 11 is 0. The van der Waals surface area contributed by atoms with E-state index < -0.39 is 0 Å². The van der Waals surface area contributed by atoms with Crippen molar-refractivity contribution in [3.8, 4) is 17.1 Å². The second-order valence-corrected chi connectivity index (χ2v) is 5.72. The number of nitrogens with one attached hydrogen (secondary N) is 1. The van der Waals surface area contributed by atoms with E-state index in [-0.39, 0.29) is 17.8 Å². The zero-order valence-corrected chi connectivity index (χ0v) is 12.9. The Morgan fingerprint density at radius 2 is 2.17 bits per heavy atom. The molecule has 2 aromatic heterocycles. The van der Waals surface area contributed by atoms with E-state index in [0.717, 1.165) is 12.8 Å². The quantitative estimate of drug-likeness (QED) is 0.804. The third kappa shape index (κ3) is 2.47. The van der Waals surface area contributed by atoms with Gasteiger partial charge < -0.3 is 9.88 Å².